The summed E-state index contributed by atoms with van der Waals surface area (Å²) in [6.45, 7) is 5.05. The molecule has 1 atom stereocenters. The van der Waals surface area contributed by atoms with E-state index in [9.17, 15) is 19.2 Å². The number of imide groups is 1. The second-order valence-corrected chi connectivity index (χ2v) is 6.56. The number of hydrazone groups is 1. The van der Waals surface area contributed by atoms with E-state index >= 15 is 0 Å². The zero-order chi connectivity index (χ0) is 19.2. The summed E-state index contributed by atoms with van der Waals surface area (Å²) >= 11 is 0. The molecule has 0 N–H and O–H groups in total. The molecule has 2 aliphatic rings. The molecule has 1 fully saturated rings. The highest BCUT2D eigenvalue weighted by Gasteiger charge is 2.61. The monoisotopic (exact) mass is 357 g/mol. The van der Waals surface area contributed by atoms with Gasteiger partial charge in [0.25, 0.3) is 5.91 Å². The maximum atomic E-state index is 13.2. The molecular formula is C18H19N3O5. The number of benzene rings is 1. The van der Waals surface area contributed by atoms with Gasteiger partial charge in [-0.05, 0) is 37.1 Å². The van der Waals surface area contributed by atoms with E-state index in [-0.39, 0.29) is 18.6 Å². The van der Waals surface area contributed by atoms with Crippen LogP contribution in [-0.4, -0.2) is 47.1 Å². The van der Waals surface area contributed by atoms with Crippen LogP contribution < -0.4 is 4.90 Å². The van der Waals surface area contributed by atoms with Crippen molar-refractivity contribution in [2.24, 2.45) is 5.10 Å². The second kappa shape index (κ2) is 6.05. The summed E-state index contributed by atoms with van der Waals surface area (Å²) in [7, 11) is 1.19. The van der Waals surface area contributed by atoms with Crippen molar-refractivity contribution in [1.82, 2.24) is 5.01 Å². The molecule has 0 aliphatic carbocycles. The van der Waals surface area contributed by atoms with E-state index in [2.05, 4.69) is 9.84 Å². The van der Waals surface area contributed by atoms with Crippen LogP contribution in [0.1, 0.15) is 30.9 Å². The van der Waals surface area contributed by atoms with Gasteiger partial charge >= 0.3 is 5.97 Å². The van der Waals surface area contributed by atoms with Crippen molar-refractivity contribution in [2.75, 3.05) is 12.0 Å². The lowest BCUT2D eigenvalue weighted by molar-refractivity contribution is -0.141. The van der Waals surface area contributed by atoms with Crippen molar-refractivity contribution >= 4 is 35.1 Å². The summed E-state index contributed by atoms with van der Waals surface area (Å²) < 4.78 is 4.65. The minimum Gasteiger partial charge on any atom is -0.464 e. The first-order valence-electron chi connectivity index (χ1n) is 8.12. The summed E-state index contributed by atoms with van der Waals surface area (Å²) in [5, 5.41) is 4.91. The highest BCUT2D eigenvalue weighted by molar-refractivity contribution is 6.39. The quantitative estimate of drug-likeness (QED) is 0.583. The number of carbonyl (C=O) groups excluding carboxylic acids is 4. The largest absolute Gasteiger partial charge is 0.464 e. The Morgan fingerprint density at radius 2 is 1.85 bits per heavy atom. The molecule has 136 valence electrons. The lowest BCUT2D eigenvalue weighted by Gasteiger charge is -2.29. The van der Waals surface area contributed by atoms with Crippen molar-refractivity contribution in [3.63, 3.8) is 0 Å². The van der Waals surface area contributed by atoms with E-state index in [1.54, 1.807) is 12.1 Å². The van der Waals surface area contributed by atoms with E-state index in [0.717, 1.165) is 21.0 Å². The predicted molar refractivity (Wildman–Crippen MR) is 92.3 cm³/mol. The lowest BCUT2D eigenvalue weighted by atomic mass is 9.91. The van der Waals surface area contributed by atoms with E-state index in [0.29, 0.717) is 5.69 Å². The van der Waals surface area contributed by atoms with Gasteiger partial charge in [-0.25, -0.2) is 14.7 Å². The van der Waals surface area contributed by atoms with E-state index in [1.165, 1.54) is 14.0 Å². The smallest absolute Gasteiger partial charge is 0.354 e. The van der Waals surface area contributed by atoms with Gasteiger partial charge in [-0.2, -0.15) is 5.10 Å². The molecule has 1 saturated heterocycles. The molecule has 0 bridgehead atoms. The Kier molecular flexibility index (Phi) is 4.14. The third-order valence-corrected chi connectivity index (χ3v) is 4.85. The molecule has 1 spiro atoms. The SMILES string of the molecule is COC(=O)C1=NN(C(C)=O)[C@@]2(CC(=O)N(c3ccc(C)c(C)c3)C2=O)C1. The molecule has 0 radical (unpaired) electrons. The fourth-order valence-corrected chi connectivity index (χ4v) is 3.36. The zero-order valence-corrected chi connectivity index (χ0v) is 15.0. The summed E-state index contributed by atoms with van der Waals surface area (Å²) in [5.41, 5.74) is 0.849. The third-order valence-electron chi connectivity index (χ3n) is 4.85. The minimum atomic E-state index is -1.51. The molecular weight excluding hydrogens is 338 g/mol. The first kappa shape index (κ1) is 17.8. The fraction of sp³-hybridized carbons (Fsp3) is 0.389. The van der Waals surface area contributed by atoms with Crippen molar-refractivity contribution in [3.8, 4) is 0 Å². The molecule has 8 nitrogen and oxygen atoms in total. The van der Waals surface area contributed by atoms with Crippen LogP contribution in [0.2, 0.25) is 0 Å². The van der Waals surface area contributed by atoms with Crippen LogP contribution in [0.4, 0.5) is 5.69 Å². The number of hydrogen-bond acceptors (Lipinski definition) is 6. The van der Waals surface area contributed by atoms with Gasteiger partial charge in [-0.1, -0.05) is 6.07 Å². The Bertz CT molecular complexity index is 876. The number of ether oxygens (including phenoxy) is 1. The second-order valence-electron chi connectivity index (χ2n) is 6.56. The molecule has 0 aromatic heterocycles. The van der Waals surface area contributed by atoms with Gasteiger partial charge in [0.1, 0.15) is 5.71 Å². The number of methoxy groups -OCH3 is 1. The van der Waals surface area contributed by atoms with Crippen LogP contribution >= 0.6 is 0 Å². The van der Waals surface area contributed by atoms with E-state index < -0.39 is 29.2 Å². The van der Waals surface area contributed by atoms with Crippen molar-refractivity contribution < 1.29 is 23.9 Å². The average Bonchev–Trinajstić information content (AvgIpc) is 3.08. The topological polar surface area (TPSA) is 96.3 Å². The molecule has 2 aliphatic heterocycles. The summed E-state index contributed by atoms with van der Waals surface area (Å²) in [6, 6.07) is 5.26. The molecule has 0 saturated carbocycles. The lowest BCUT2D eigenvalue weighted by Crippen LogP contribution is -2.51. The third kappa shape index (κ3) is 2.49. The number of esters is 1. The Morgan fingerprint density at radius 1 is 1.15 bits per heavy atom. The molecule has 3 rings (SSSR count). The Labute approximate surface area is 150 Å². The van der Waals surface area contributed by atoms with Crippen molar-refractivity contribution in [2.45, 2.75) is 39.2 Å². The van der Waals surface area contributed by atoms with Gasteiger partial charge < -0.3 is 4.74 Å². The Morgan fingerprint density at radius 3 is 2.42 bits per heavy atom. The molecule has 3 amide bonds. The molecule has 1 aromatic carbocycles. The molecule has 8 heteroatoms. The van der Waals surface area contributed by atoms with Crippen LogP contribution in [0.15, 0.2) is 23.3 Å². The molecule has 1 aromatic rings. The highest BCUT2D eigenvalue weighted by Crippen LogP contribution is 2.40. The number of hydrogen-bond donors (Lipinski definition) is 0. The van der Waals surface area contributed by atoms with Gasteiger partial charge in [0.05, 0.1) is 19.2 Å². The first-order valence-corrected chi connectivity index (χ1v) is 8.12. The maximum absolute atomic E-state index is 13.2. The van der Waals surface area contributed by atoms with Crippen LogP contribution in [0.5, 0.6) is 0 Å². The van der Waals surface area contributed by atoms with Gasteiger partial charge in [-0.15, -0.1) is 0 Å². The minimum absolute atomic E-state index is 0.0502. The van der Waals surface area contributed by atoms with Crippen LogP contribution in [0.3, 0.4) is 0 Å². The number of aryl methyl sites for hydroxylation is 2. The fourth-order valence-electron chi connectivity index (χ4n) is 3.36. The van der Waals surface area contributed by atoms with Gasteiger partial charge in [0, 0.05) is 13.3 Å². The maximum Gasteiger partial charge on any atom is 0.354 e. The van der Waals surface area contributed by atoms with E-state index in [4.69, 9.17) is 0 Å². The first-order chi connectivity index (χ1) is 12.2. The molecule has 2 heterocycles. The Balaban J connectivity index is 2.03. The Hall–Kier alpha value is -3.03. The van der Waals surface area contributed by atoms with Crippen molar-refractivity contribution in [3.05, 3.63) is 29.3 Å². The van der Waals surface area contributed by atoms with Gasteiger partial charge in [-0.3, -0.25) is 14.4 Å². The summed E-state index contributed by atoms with van der Waals surface area (Å²) in [4.78, 5) is 50.8. The van der Waals surface area contributed by atoms with Crippen molar-refractivity contribution in [1.29, 1.82) is 0 Å². The standard InChI is InChI=1S/C18H19N3O5/c1-10-5-6-13(7-11(10)2)20-15(23)9-18(17(20)25)8-14(16(24)26-4)19-21(18)12(3)22/h5-7H,8-9H2,1-4H3/t18-/m1/s1. The van der Waals surface area contributed by atoms with Gasteiger partial charge in [0.2, 0.25) is 11.8 Å². The van der Waals surface area contributed by atoms with Crippen LogP contribution in [-0.2, 0) is 23.9 Å². The zero-order valence-electron chi connectivity index (χ0n) is 15.0. The van der Waals surface area contributed by atoms with Gasteiger partial charge in [0.15, 0.2) is 5.54 Å². The molecule has 0 unspecified atom stereocenters. The number of amides is 3. The predicted octanol–water partition coefficient (Wildman–Crippen LogP) is 1.09. The number of nitrogens with zero attached hydrogens (tertiary/aromatic N) is 3. The normalized spacial score (nSPS) is 22.2. The average molecular weight is 357 g/mol. The molecule has 26 heavy (non-hydrogen) atoms. The number of carbonyl (C=O) groups is 4. The van der Waals surface area contributed by atoms with Crippen LogP contribution in [0, 0.1) is 13.8 Å². The number of anilines is 1. The highest BCUT2D eigenvalue weighted by atomic mass is 16.5. The summed E-state index contributed by atoms with van der Waals surface area (Å²) in [5.74, 6) is -2.25. The summed E-state index contributed by atoms with van der Waals surface area (Å²) in [6.07, 6.45) is -0.381. The number of rotatable bonds is 2. The van der Waals surface area contributed by atoms with E-state index in [1.807, 2.05) is 19.9 Å². The van der Waals surface area contributed by atoms with Crippen LogP contribution in [0.25, 0.3) is 0 Å².